The number of pyridine rings is 1. The molecule has 0 spiro atoms. The van der Waals surface area contributed by atoms with Gasteiger partial charge in [0.15, 0.2) is 0 Å². The van der Waals surface area contributed by atoms with Gasteiger partial charge in [0.05, 0.1) is 25.5 Å². The lowest BCUT2D eigenvalue weighted by molar-refractivity contribution is 0.0737. The van der Waals surface area contributed by atoms with E-state index >= 15 is 0 Å². The van der Waals surface area contributed by atoms with Crippen LogP contribution in [-0.4, -0.2) is 32.2 Å². The van der Waals surface area contributed by atoms with Crippen molar-refractivity contribution in [2.24, 2.45) is 0 Å². The van der Waals surface area contributed by atoms with Crippen molar-refractivity contribution in [3.8, 4) is 5.88 Å². The van der Waals surface area contributed by atoms with Gasteiger partial charge in [-0.15, -0.1) is 5.10 Å². The van der Waals surface area contributed by atoms with Crippen LogP contribution in [0.1, 0.15) is 25.2 Å². The number of rotatable bonds is 4. The van der Waals surface area contributed by atoms with Crippen molar-refractivity contribution < 1.29 is 9.84 Å². The smallest absolute Gasteiger partial charge is 0.213 e. The molecule has 0 aliphatic heterocycles. The van der Waals surface area contributed by atoms with E-state index in [0.29, 0.717) is 18.1 Å². The summed E-state index contributed by atoms with van der Waals surface area (Å²) in [5.41, 5.74) is 0.368. The maximum Gasteiger partial charge on any atom is 0.213 e. The first-order valence-electron chi connectivity index (χ1n) is 5.62. The third-order valence-electron chi connectivity index (χ3n) is 2.48. The van der Waals surface area contributed by atoms with Crippen molar-refractivity contribution >= 4 is 0 Å². The Kier molecular flexibility index (Phi) is 3.29. The molecule has 96 valence electrons. The van der Waals surface area contributed by atoms with Crippen molar-refractivity contribution in [2.45, 2.75) is 26.0 Å². The summed E-state index contributed by atoms with van der Waals surface area (Å²) in [7, 11) is 1.58. The van der Waals surface area contributed by atoms with Gasteiger partial charge in [0.1, 0.15) is 11.3 Å². The number of hydrogen-bond donors (Lipinski definition) is 1. The van der Waals surface area contributed by atoms with E-state index in [4.69, 9.17) is 4.74 Å². The van der Waals surface area contributed by atoms with E-state index in [1.807, 2.05) is 12.1 Å². The fourth-order valence-electron chi connectivity index (χ4n) is 1.48. The van der Waals surface area contributed by atoms with Crippen LogP contribution in [0, 0.1) is 0 Å². The highest BCUT2D eigenvalue weighted by Gasteiger charge is 2.20. The van der Waals surface area contributed by atoms with Gasteiger partial charge in [-0.1, -0.05) is 11.3 Å². The highest BCUT2D eigenvalue weighted by Crippen LogP contribution is 2.16. The number of methoxy groups -OCH3 is 1. The number of hydrogen-bond acceptors (Lipinski definition) is 5. The second-order valence-electron chi connectivity index (χ2n) is 4.53. The summed E-state index contributed by atoms with van der Waals surface area (Å²) < 4.78 is 6.69. The summed E-state index contributed by atoms with van der Waals surface area (Å²) in [4.78, 5) is 4.28. The molecule has 2 aromatic rings. The minimum absolute atomic E-state index is 0.486. The Hall–Kier alpha value is -1.95. The van der Waals surface area contributed by atoms with Crippen molar-refractivity contribution in [2.75, 3.05) is 7.11 Å². The molecule has 1 N–H and O–H groups in total. The van der Waals surface area contributed by atoms with Crippen LogP contribution in [-0.2, 0) is 12.1 Å². The van der Waals surface area contributed by atoms with Gasteiger partial charge in [-0.2, -0.15) is 0 Å². The van der Waals surface area contributed by atoms with Crippen molar-refractivity contribution in [1.82, 2.24) is 20.0 Å². The Morgan fingerprint density at radius 1 is 1.39 bits per heavy atom. The molecule has 0 atom stereocenters. The molecule has 0 saturated carbocycles. The lowest BCUT2D eigenvalue weighted by atomic mass is 10.1. The van der Waals surface area contributed by atoms with Crippen LogP contribution in [0.3, 0.4) is 0 Å². The summed E-state index contributed by atoms with van der Waals surface area (Å²) in [5.74, 6) is 0.565. The molecule has 0 aliphatic carbocycles. The van der Waals surface area contributed by atoms with Crippen LogP contribution < -0.4 is 4.74 Å². The minimum atomic E-state index is -0.986. The first-order valence-corrected chi connectivity index (χ1v) is 5.62. The Balaban J connectivity index is 2.16. The highest BCUT2D eigenvalue weighted by molar-refractivity contribution is 5.16. The van der Waals surface area contributed by atoms with E-state index in [0.717, 1.165) is 5.69 Å². The predicted octanol–water partition coefficient (Wildman–Crippen LogP) is 0.957. The molecule has 6 heteroatoms. The largest absolute Gasteiger partial charge is 0.481 e. The average molecular weight is 248 g/mol. The molecule has 6 nitrogen and oxygen atoms in total. The monoisotopic (exact) mass is 248 g/mol. The topological polar surface area (TPSA) is 73.1 Å². The maximum absolute atomic E-state index is 9.80. The van der Waals surface area contributed by atoms with Crippen LogP contribution in [0.5, 0.6) is 5.88 Å². The molecule has 0 saturated heterocycles. The zero-order chi connectivity index (χ0) is 13.2. The number of ether oxygens (including phenoxy) is 1. The quantitative estimate of drug-likeness (QED) is 0.872. The molecule has 2 heterocycles. The van der Waals surface area contributed by atoms with Crippen LogP contribution in [0.25, 0.3) is 0 Å². The molecule has 0 amide bonds. The summed E-state index contributed by atoms with van der Waals surface area (Å²) in [5, 5.41) is 17.7. The van der Waals surface area contributed by atoms with Crippen LogP contribution >= 0.6 is 0 Å². The highest BCUT2D eigenvalue weighted by atomic mass is 16.5. The van der Waals surface area contributed by atoms with Gasteiger partial charge in [-0.3, -0.25) is 0 Å². The first-order chi connectivity index (χ1) is 8.49. The van der Waals surface area contributed by atoms with E-state index in [1.54, 1.807) is 37.9 Å². The zero-order valence-corrected chi connectivity index (χ0v) is 10.7. The Labute approximate surface area is 105 Å². The average Bonchev–Trinajstić information content (AvgIpc) is 2.77. The molecule has 2 aromatic heterocycles. The van der Waals surface area contributed by atoms with Gasteiger partial charge in [-0.25, -0.2) is 9.67 Å². The summed E-state index contributed by atoms with van der Waals surface area (Å²) in [6.07, 6.45) is 1.71. The second-order valence-corrected chi connectivity index (χ2v) is 4.53. The first kappa shape index (κ1) is 12.5. The molecule has 0 aromatic carbocycles. The maximum atomic E-state index is 9.80. The van der Waals surface area contributed by atoms with Gasteiger partial charge in [0.25, 0.3) is 0 Å². The summed E-state index contributed by atoms with van der Waals surface area (Å²) >= 11 is 0. The molecular formula is C12H16N4O2. The molecule has 0 fully saturated rings. The standard InChI is InChI=1S/C12H16N4O2/c1-12(2,17)10-8-16(15-14-10)7-9-5-4-6-11(13-9)18-3/h4-6,8,17H,7H2,1-3H3. The molecule has 0 bridgehead atoms. The van der Waals surface area contributed by atoms with E-state index < -0.39 is 5.60 Å². The van der Waals surface area contributed by atoms with Crippen molar-refractivity contribution in [3.05, 3.63) is 35.8 Å². The SMILES string of the molecule is COc1cccc(Cn2cc(C(C)(C)O)nn2)n1. The molecule has 2 rings (SSSR count). The summed E-state index contributed by atoms with van der Waals surface area (Å²) in [6, 6.07) is 5.54. The van der Waals surface area contributed by atoms with E-state index in [-0.39, 0.29) is 0 Å². The fraction of sp³-hybridized carbons (Fsp3) is 0.417. The third kappa shape index (κ3) is 2.84. The molecule has 0 radical (unpaired) electrons. The third-order valence-corrected chi connectivity index (χ3v) is 2.48. The number of aliphatic hydroxyl groups is 1. The van der Waals surface area contributed by atoms with E-state index in [2.05, 4.69) is 15.3 Å². The van der Waals surface area contributed by atoms with Gasteiger partial charge in [-0.05, 0) is 19.9 Å². The van der Waals surface area contributed by atoms with E-state index in [1.165, 1.54) is 0 Å². The second kappa shape index (κ2) is 4.73. The number of nitrogens with zero attached hydrogens (tertiary/aromatic N) is 4. The molecular weight excluding hydrogens is 232 g/mol. The van der Waals surface area contributed by atoms with Gasteiger partial charge < -0.3 is 9.84 Å². The molecule has 18 heavy (non-hydrogen) atoms. The van der Waals surface area contributed by atoms with Gasteiger partial charge in [0, 0.05) is 6.07 Å². The van der Waals surface area contributed by atoms with Crippen LogP contribution in [0.15, 0.2) is 24.4 Å². The Morgan fingerprint density at radius 3 is 2.78 bits per heavy atom. The van der Waals surface area contributed by atoms with Gasteiger partial charge in [0.2, 0.25) is 5.88 Å². The van der Waals surface area contributed by atoms with Crippen molar-refractivity contribution in [3.63, 3.8) is 0 Å². The number of aromatic nitrogens is 4. The Bertz CT molecular complexity index is 531. The zero-order valence-electron chi connectivity index (χ0n) is 10.7. The van der Waals surface area contributed by atoms with Crippen LogP contribution in [0.4, 0.5) is 0 Å². The fourth-order valence-corrected chi connectivity index (χ4v) is 1.48. The lowest BCUT2D eigenvalue weighted by Crippen LogP contribution is -2.15. The van der Waals surface area contributed by atoms with E-state index in [9.17, 15) is 5.11 Å². The predicted molar refractivity (Wildman–Crippen MR) is 65.2 cm³/mol. The van der Waals surface area contributed by atoms with Gasteiger partial charge >= 0.3 is 0 Å². The van der Waals surface area contributed by atoms with Crippen LogP contribution in [0.2, 0.25) is 0 Å². The summed E-state index contributed by atoms with van der Waals surface area (Å²) in [6.45, 7) is 3.83. The molecule has 0 unspecified atom stereocenters. The molecule has 0 aliphatic rings. The normalized spacial score (nSPS) is 11.6. The Morgan fingerprint density at radius 2 is 2.17 bits per heavy atom. The van der Waals surface area contributed by atoms with Crippen molar-refractivity contribution in [1.29, 1.82) is 0 Å². The lowest BCUT2D eigenvalue weighted by Gasteiger charge is -2.11. The minimum Gasteiger partial charge on any atom is -0.481 e.